The number of aromatic nitrogens is 1. The van der Waals surface area contributed by atoms with E-state index in [1.807, 2.05) is 0 Å². The molecule has 0 fully saturated rings. The van der Waals surface area contributed by atoms with Crippen LogP contribution in [0.3, 0.4) is 0 Å². The summed E-state index contributed by atoms with van der Waals surface area (Å²) in [5, 5.41) is 2.47. The zero-order valence-corrected chi connectivity index (χ0v) is 38.3. The SMILES string of the molecule is c1ccc(-c2cccc(N(c3ccc4c(c3)C(c3ccccc3)(c3ccccc3)c3ccccc3-4)c3cc4c5c(c3)c3ccccc3n5-c3ccccc3C43c4ccccc4-c4ccccc43)c2)cc1. The predicted octanol–water partition coefficient (Wildman–Crippen LogP) is 17.0. The first-order chi connectivity index (χ1) is 34.7. The van der Waals surface area contributed by atoms with Gasteiger partial charge in [0.05, 0.1) is 27.6 Å². The average molecular weight is 889 g/mol. The Morgan fingerprint density at radius 1 is 0.286 bits per heavy atom. The molecular weight excluding hydrogens is 845 g/mol. The molecule has 0 amide bonds. The van der Waals surface area contributed by atoms with E-state index in [2.05, 4.69) is 276 Å². The molecule has 0 saturated heterocycles. The van der Waals surface area contributed by atoms with Gasteiger partial charge in [0, 0.05) is 27.8 Å². The molecule has 2 nitrogen and oxygen atoms in total. The van der Waals surface area contributed by atoms with Crippen LogP contribution in [0.2, 0.25) is 0 Å². The Kier molecular flexibility index (Phi) is 8.24. The highest BCUT2D eigenvalue weighted by molar-refractivity contribution is 6.14. The molecule has 1 aromatic heterocycles. The second-order valence-corrected chi connectivity index (χ2v) is 19.1. The highest BCUT2D eigenvalue weighted by Gasteiger charge is 2.51. The minimum atomic E-state index is -0.588. The lowest BCUT2D eigenvalue weighted by atomic mass is 9.65. The number of para-hydroxylation sites is 2. The molecule has 12 aromatic rings. The van der Waals surface area contributed by atoms with Crippen LogP contribution in [0.25, 0.3) is 60.9 Å². The first kappa shape index (κ1) is 39.1. The topological polar surface area (TPSA) is 8.17 Å². The fraction of sp³-hybridized carbons (Fsp3) is 0.0294. The van der Waals surface area contributed by atoms with Gasteiger partial charge in [-0.05, 0) is 126 Å². The third-order valence-corrected chi connectivity index (χ3v) is 15.8. The summed E-state index contributed by atoms with van der Waals surface area (Å²) in [6.07, 6.45) is 0. The molecule has 0 unspecified atom stereocenters. The fourth-order valence-corrected chi connectivity index (χ4v) is 13.2. The maximum Gasteiger partial charge on any atom is 0.0755 e. The van der Waals surface area contributed by atoms with Gasteiger partial charge in [-0.1, -0.05) is 218 Å². The largest absolute Gasteiger partial charge is 0.310 e. The third-order valence-electron chi connectivity index (χ3n) is 15.8. The quantitative estimate of drug-likeness (QED) is 0.161. The van der Waals surface area contributed by atoms with E-state index in [4.69, 9.17) is 0 Å². The Labute approximate surface area is 407 Å². The molecule has 1 spiro atoms. The van der Waals surface area contributed by atoms with Crippen LogP contribution >= 0.6 is 0 Å². The van der Waals surface area contributed by atoms with Gasteiger partial charge in [0.25, 0.3) is 0 Å². The Bertz CT molecular complexity index is 3980. The standard InChI is InChI=1S/C68H44N2/c1-4-21-45(22-5-1)46-23-20-28-49(41-46)69(50-39-40-55-54-31-10-14-33-58(54)67(62(55)43-50,47-24-6-2-7-25-47)48-26-8-3-9-27-48)51-42-57-56-32-13-18-37-64(56)70-65-38-19-17-36-61(65)68(63(44-51)66(57)70)59-34-15-11-29-52(59)53-30-12-16-35-60(53)68/h1-44H. The molecule has 0 saturated carbocycles. The zero-order chi connectivity index (χ0) is 46.0. The van der Waals surface area contributed by atoms with E-state index < -0.39 is 10.8 Å². The summed E-state index contributed by atoms with van der Waals surface area (Å²) >= 11 is 0. The van der Waals surface area contributed by atoms with Crippen molar-refractivity contribution >= 4 is 38.9 Å². The van der Waals surface area contributed by atoms with Crippen molar-refractivity contribution in [3.05, 3.63) is 311 Å². The lowest BCUT2D eigenvalue weighted by Crippen LogP contribution is -2.33. The number of anilines is 3. The van der Waals surface area contributed by atoms with Crippen LogP contribution in [0.5, 0.6) is 0 Å². The number of benzene rings is 11. The molecule has 2 aliphatic carbocycles. The van der Waals surface area contributed by atoms with Crippen LogP contribution in [-0.2, 0) is 10.8 Å². The van der Waals surface area contributed by atoms with E-state index in [0.717, 1.165) is 17.1 Å². The summed E-state index contributed by atoms with van der Waals surface area (Å²) in [4.78, 5) is 2.54. The molecule has 0 bridgehead atoms. The maximum atomic E-state index is 2.55. The van der Waals surface area contributed by atoms with Crippen molar-refractivity contribution in [2.45, 2.75) is 10.8 Å². The number of fused-ring (bicyclic) bond motifs is 15. The van der Waals surface area contributed by atoms with Gasteiger partial charge in [0.15, 0.2) is 0 Å². The Hall–Kier alpha value is -8.98. The predicted molar refractivity (Wildman–Crippen MR) is 289 cm³/mol. The van der Waals surface area contributed by atoms with E-state index in [1.165, 1.54) is 105 Å². The first-order valence-electron chi connectivity index (χ1n) is 24.4. The van der Waals surface area contributed by atoms with Crippen molar-refractivity contribution in [2.75, 3.05) is 4.90 Å². The van der Waals surface area contributed by atoms with Crippen molar-refractivity contribution in [3.63, 3.8) is 0 Å². The van der Waals surface area contributed by atoms with Gasteiger partial charge in [-0.25, -0.2) is 0 Å². The highest BCUT2D eigenvalue weighted by atomic mass is 15.1. The van der Waals surface area contributed by atoms with Crippen LogP contribution in [0.1, 0.15) is 44.5 Å². The smallest absolute Gasteiger partial charge is 0.0755 e. The minimum Gasteiger partial charge on any atom is -0.310 e. The van der Waals surface area contributed by atoms with E-state index in [1.54, 1.807) is 0 Å². The Balaban J connectivity index is 1.08. The summed E-state index contributed by atoms with van der Waals surface area (Å²) in [6.45, 7) is 0. The normalized spacial score (nSPS) is 13.9. The van der Waals surface area contributed by atoms with Gasteiger partial charge in [0.1, 0.15) is 0 Å². The van der Waals surface area contributed by atoms with Gasteiger partial charge in [-0.15, -0.1) is 0 Å². The summed E-state index contributed by atoms with van der Waals surface area (Å²) < 4.78 is 2.55. The van der Waals surface area contributed by atoms with E-state index in [9.17, 15) is 0 Å². The molecule has 2 heterocycles. The molecule has 0 radical (unpaired) electrons. The maximum absolute atomic E-state index is 2.55. The summed E-state index contributed by atoms with van der Waals surface area (Å²) in [7, 11) is 0. The van der Waals surface area contributed by atoms with E-state index in [-0.39, 0.29) is 0 Å². The molecule has 3 aliphatic rings. The van der Waals surface area contributed by atoms with Crippen molar-refractivity contribution in [2.24, 2.45) is 0 Å². The number of hydrogen-bond acceptors (Lipinski definition) is 1. The van der Waals surface area contributed by atoms with Gasteiger partial charge in [-0.3, -0.25) is 0 Å². The molecule has 2 heteroatoms. The second kappa shape index (κ2) is 14.8. The van der Waals surface area contributed by atoms with Crippen molar-refractivity contribution in [1.29, 1.82) is 0 Å². The fourth-order valence-electron chi connectivity index (χ4n) is 13.2. The number of rotatable bonds is 6. The first-order valence-corrected chi connectivity index (χ1v) is 24.4. The minimum absolute atomic E-state index is 0.559. The molecular formula is C68H44N2. The average Bonchev–Trinajstić information content (AvgIpc) is 4.04. The van der Waals surface area contributed by atoms with Crippen molar-refractivity contribution < 1.29 is 0 Å². The van der Waals surface area contributed by atoms with Crippen molar-refractivity contribution in [1.82, 2.24) is 4.57 Å². The van der Waals surface area contributed by atoms with Crippen LogP contribution in [0.4, 0.5) is 17.1 Å². The highest BCUT2D eigenvalue weighted by Crippen LogP contribution is 2.63. The van der Waals surface area contributed by atoms with Crippen LogP contribution in [-0.4, -0.2) is 4.57 Å². The Morgan fingerprint density at radius 2 is 0.786 bits per heavy atom. The number of hydrogen-bond donors (Lipinski definition) is 0. The molecule has 0 N–H and O–H groups in total. The van der Waals surface area contributed by atoms with Gasteiger partial charge >= 0.3 is 0 Å². The summed E-state index contributed by atoms with van der Waals surface area (Å²) in [6, 6.07) is 100.0. The number of nitrogens with zero attached hydrogens (tertiary/aromatic N) is 2. The molecule has 1 aliphatic heterocycles. The Morgan fingerprint density at radius 3 is 1.46 bits per heavy atom. The van der Waals surface area contributed by atoms with Gasteiger partial charge in [-0.2, -0.15) is 0 Å². The molecule has 11 aromatic carbocycles. The van der Waals surface area contributed by atoms with Crippen LogP contribution in [0, 0.1) is 0 Å². The lowest BCUT2D eigenvalue weighted by Gasteiger charge is -2.40. The van der Waals surface area contributed by atoms with Crippen LogP contribution in [0.15, 0.2) is 267 Å². The van der Waals surface area contributed by atoms with E-state index in [0.29, 0.717) is 0 Å². The molecule has 0 atom stereocenters. The van der Waals surface area contributed by atoms with Crippen LogP contribution < -0.4 is 4.90 Å². The van der Waals surface area contributed by atoms with E-state index >= 15 is 0 Å². The van der Waals surface area contributed by atoms with Gasteiger partial charge in [0.2, 0.25) is 0 Å². The monoisotopic (exact) mass is 888 g/mol. The molecule has 15 rings (SSSR count). The molecule has 326 valence electrons. The summed E-state index contributed by atoms with van der Waals surface area (Å²) in [5.41, 5.74) is 23.6. The third kappa shape index (κ3) is 5.12. The van der Waals surface area contributed by atoms with Crippen molar-refractivity contribution in [3.8, 4) is 39.1 Å². The molecule has 70 heavy (non-hydrogen) atoms. The zero-order valence-electron chi connectivity index (χ0n) is 38.3. The lowest BCUT2D eigenvalue weighted by molar-refractivity contribution is 0.748. The van der Waals surface area contributed by atoms with Gasteiger partial charge < -0.3 is 9.47 Å². The second-order valence-electron chi connectivity index (χ2n) is 19.1. The summed E-state index contributed by atoms with van der Waals surface area (Å²) in [5.74, 6) is 0.